The van der Waals surface area contributed by atoms with E-state index in [0.717, 1.165) is 32.1 Å². The zero-order valence-electron chi connectivity index (χ0n) is 19.1. The van der Waals surface area contributed by atoms with Gasteiger partial charge >= 0.3 is 0 Å². The van der Waals surface area contributed by atoms with E-state index >= 15 is 0 Å². The van der Waals surface area contributed by atoms with Gasteiger partial charge in [0.15, 0.2) is 0 Å². The summed E-state index contributed by atoms with van der Waals surface area (Å²) in [7, 11) is -3.41. The lowest BCUT2D eigenvalue weighted by molar-refractivity contribution is -0.250. The fraction of sp³-hybridized carbons (Fsp3) is 0.864. The van der Waals surface area contributed by atoms with Gasteiger partial charge in [-0.25, -0.2) is 0 Å². The number of hydrogen-bond donors (Lipinski definition) is 0. The maximum absolute atomic E-state index is 11.0. The normalized spacial score (nSPS) is 36.9. The van der Waals surface area contributed by atoms with Gasteiger partial charge in [0.1, 0.15) is 0 Å². The topological polar surface area (TPSA) is 79.7 Å². The van der Waals surface area contributed by atoms with Crippen molar-refractivity contribution in [1.82, 2.24) is 9.78 Å². The molecule has 1 aromatic rings. The lowest BCUT2D eigenvalue weighted by atomic mass is 9.39. The molecule has 9 heteroatoms. The molecule has 1 heterocycles. The SMILES string of the molecule is Cc1c(I)cnn1CC12CC3(C)CC(C)(C1)CC(OCCOCCOS(C)(=O)=O)(C3)C2. The summed E-state index contributed by atoms with van der Waals surface area (Å²) in [5.41, 5.74) is 2.00. The largest absolute Gasteiger partial charge is 0.377 e. The minimum absolute atomic E-state index is 0.0469. The van der Waals surface area contributed by atoms with Crippen LogP contribution < -0.4 is 0 Å². The molecule has 176 valence electrons. The third kappa shape index (κ3) is 5.31. The van der Waals surface area contributed by atoms with E-state index in [0.29, 0.717) is 24.0 Å². The molecule has 7 nitrogen and oxygen atoms in total. The molecule has 2 atom stereocenters. The summed E-state index contributed by atoms with van der Waals surface area (Å²) < 4.78 is 42.3. The smallest absolute Gasteiger partial charge is 0.264 e. The first kappa shape index (κ1) is 23.9. The number of rotatable bonds is 10. The molecule has 0 amide bonds. The number of halogens is 1. The molecule has 0 spiro atoms. The molecule has 31 heavy (non-hydrogen) atoms. The summed E-state index contributed by atoms with van der Waals surface area (Å²) in [6.07, 6.45) is 10.1. The third-order valence-electron chi connectivity index (χ3n) is 7.34. The van der Waals surface area contributed by atoms with E-state index in [2.05, 4.69) is 53.1 Å². The molecule has 0 aromatic carbocycles. The van der Waals surface area contributed by atoms with Gasteiger partial charge in [-0.05, 0) is 84.3 Å². The van der Waals surface area contributed by atoms with E-state index in [9.17, 15) is 8.42 Å². The standard InChI is InChI=1S/C22H35IN2O5S/c1-17-18(23)9-24-25(17)16-21-11-19(2)10-20(3,12-21)14-22(13-19,15-21)29-7-5-28-6-8-30-31(4,26)27/h9H,5-8,10-16H2,1-4H3. The van der Waals surface area contributed by atoms with E-state index in [1.807, 2.05) is 6.20 Å². The Labute approximate surface area is 199 Å². The van der Waals surface area contributed by atoms with Crippen LogP contribution in [0.5, 0.6) is 0 Å². The van der Waals surface area contributed by atoms with Crippen molar-refractivity contribution in [2.75, 3.05) is 32.7 Å². The first-order valence-corrected chi connectivity index (χ1v) is 14.0. The lowest BCUT2D eigenvalue weighted by Gasteiger charge is -2.69. The highest BCUT2D eigenvalue weighted by molar-refractivity contribution is 14.1. The maximum Gasteiger partial charge on any atom is 0.264 e. The van der Waals surface area contributed by atoms with Crippen molar-refractivity contribution in [2.24, 2.45) is 16.2 Å². The quantitative estimate of drug-likeness (QED) is 0.243. The third-order valence-corrected chi connectivity index (χ3v) is 9.00. The van der Waals surface area contributed by atoms with Crippen LogP contribution in [0.15, 0.2) is 6.20 Å². The van der Waals surface area contributed by atoms with Gasteiger partial charge in [0.25, 0.3) is 10.1 Å². The maximum atomic E-state index is 11.0. The second-order valence-electron chi connectivity index (χ2n) is 11.1. The molecule has 4 fully saturated rings. The fourth-order valence-corrected chi connectivity index (χ4v) is 8.49. The van der Waals surface area contributed by atoms with Crippen LogP contribution in [-0.2, 0) is 30.3 Å². The van der Waals surface area contributed by atoms with Gasteiger partial charge in [-0.1, -0.05) is 13.8 Å². The van der Waals surface area contributed by atoms with E-state index in [1.165, 1.54) is 28.5 Å². The Hall–Kier alpha value is -0.230. The van der Waals surface area contributed by atoms with Gasteiger partial charge in [0.05, 0.1) is 48.1 Å². The van der Waals surface area contributed by atoms with Crippen molar-refractivity contribution < 1.29 is 22.1 Å². The summed E-state index contributed by atoms with van der Waals surface area (Å²) in [5, 5.41) is 4.67. The second-order valence-corrected chi connectivity index (χ2v) is 13.9. The summed E-state index contributed by atoms with van der Waals surface area (Å²) in [4.78, 5) is 0. The van der Waals surface area contributed by atoms with E-state index in [-0.39, 0.29) is 24.2 Å². The summed E-state index contributed by atoms with van der Waals surface area (Å²) in [5.74, 6) is 0. The van der Waals surface area contributed by atoms with Crippen molar-refractivity contribution in [3.8, 4) is 0 Å². The molecule has 1 aromatic heterocycles. The minimum Gasteiger partial charge on any atom is -0.377 e. The van der Waals surface area contributed by atoms with Crippen LogP contribution in [0.1, 0.15) is 58.1 Å². The summed E-state index contributed by atoms with van der Waals surface area (Å²) in [6, 6.07) is 0. The molecule has 0 N–H and O–H groups in total. The molecule has 4 bridgehead atoms. The van der Waals surface area contributed by atoms with Crippen LogP contribution in [0.4, 0.5) is 0 Å². The van der Waals surface area contributed by atoms with E-state index in [4.69, 9.17) is 13.7 Å². The Bertz CT molecular complexity index is 912. The predicted molar refractivity (Wildman–Crippen MR) is 126 cm³/mol. The monoisotopic (exact) mass is 566 g/mol. The number of hydrogen-bond acceptors (Lipinski definition) is 6. The van der Waals surface area contributed by atoms with Crippen molar-refractivity contribution in [3.63, 3.8) is 0 Å². The van der Waals surface area contributed by atoms with Crippen LogP contribution in [0, 0.1) is 26.7 Å². The van der Waals surface area contributed by atoms with Crippen LogP contribution in [0.2, 0.25) is 0 Å². The molecule has 4 aliphatic rings. The lowest BCUT2D eigenvalue weighted by Crippen LogP contribution is -2.64. The van der Waals surface area contributed by atoms with Gasteiger partial charge in [0.2, 0.25) is 0 Å². The van der Waals surface area contributed by atoms with Gasteiger partial charge in [-0.3, -0.25) is 8.86 Å². The van der Waals surface area contributed by atoms with Gasteiger partial charge in [0, 0.05) is 12.2 Å². The summed E-state index contributed by atoms with van der Waals surface area (Å²) in [6.45, 7) is 9.31. The molecule has 0 radical (unpaired) electrons. The first-order valence-electron chi connectivity index (χ1n) is 11.1. The second kappa shape index (κ2) is 8.21. The molecule has 4 aliphatic carbocycles. The van der Waals surface area contributed by atoms with Crippen molar-refractivity contribution in [1.29, 1.82) is 0 Å². The van der Waals surface area contributed by atoms with Gasteiger partial charge in [-0.15, -0.1) is 0 Å². The van der Waals surface area contributed by atoms with Crippen LogP contribution in [0.25, 0.3) is 0 Å². The van der Waals surface area contributed by atoms with Crippen molar-refractivity contribution in [2.45, 2.75) is 71.4 Å². The molecule has 0 saturated heterocycles. The Kier molecular flexibility index (Phi) is 6.34. The first-order chi connectivity index (χ1) is 14.3. The Balaban J connectivity index is 1.41. The average molecular weight is 567 g/mol. The van der Waals surface area contributed by atoms with E-state index in [1.54, 1.807) is 0 Å². The molecule has 4 saturated carbocycles. The highest BCUT2D eigenvalue weighted by Gasteiger charge is 2.66. The molecular formula is C22H35IN2O5S. The zero-order valence-corrected chi connectivity index (χ0v) is 22.1. The zero-order chi connectivity index (χ0) is 22.5. The van der Waals surface area contributed by atoms with Crippen LogP contribution in [-0.4, -0.2) is 56.5 Å². The number of ether oxygens (including phenoxy) is 2. The Morgan fingerprint density at radius 1 is 1.03 bits per heavy atom. The summed E-state index contributed by atoms with van der Waals surface area (Å²) >= 11 is 2.37. The van der Waals surface area contributed by atoms with Gasteiger partial charge < -0.3 is 9.47 Å². The fourth-order valence-electron chi connectivity index (χ4n) is 7.72. The number of nitrogens with zero attached hydrogens (tertiary/aromatic N) is 2. The van der Waals surface area contributed by atoms with Gasteiger partial charge in [-0.2, -0.15) is 13.5 Å². The van der Waals surface area contributed by atoms with Crippen LogP contribution in [0.3, 0.4) is 0 Å². The van der Waals surface area contributed by atoms with Crippen molar-refractivity contribution in [3.05, 3.63) is 15.5 Å². The molecular weight excluding hydrogens is 531 g/mol. The van der Waals surface area contributed by atoms with Crippen LogP contribution >= 0.6 is 22.6 Å². The number of aromatic nitrogens is 2. The predicted octanol–water partition coefficient (Wildman–Crippen LogP) is 3.92. The Morgan fingerprint density at radius 2 is 1.68 bits per heavy atom. The molecule has 5 rings (SSSR count). The Morgan fingerprint density at radius 3 is 2.26 bits per heavy atom. The van der Waals surface area contributed by atoms with Crippen molar-refractivity contribution >= 4 is 32.7 Å². The highest BCUT2D eigenvalue weighted by atomic mass is 127. The van der Waals surface area contributed by atoms with E-state index < -0.39 is 10.1 Å². The molecule has 0 aliphatic heterocycles. The highest BCUT2D eigenvalue weighted by Crippen LogP contribution is 2.72. The molecule has 2 unspecified atom stereocenters. The average Bonchev–Trinajstić information content (AvgIpc) is 2.88. The minimum atomic E-state index is -3.41.